The van der Waals surface area contributed by atoms with Crippen LogP contribution in [-0.2, 0) is 14.3 Å². The van der Waals surface area contributed by atoms with Gasteiger partial charge in [0.05, 0.1) is 6.61 Å². The zero-order chi connectivity index (χ0) is 9.68. The Kier molecular flexibility index (Phi) is 4.59. The molecule has 76 valence electrons. The molecule has 1 rings (SSSR count). The number of ether oxygens (including phenoxy) is 2. The molecule has 4 heteroatoms. The van der Waals surface area contributed by atoms with Crippen molar-refractivity contribution < 1.29 is 14.3 Å². The molecule has 0 saturated carbocycles. The lowest BCUT2D eigenvalue weighted by Gasteiger charge is -2.26. The molecule has 1 heterocycles. The highest BCUT2D eigenvalue weighted by atomic mass is 32.2. The molecule has 1 fully saturated rings. The van der Waals surface area contributed by atoms with Gasteiger partial charge in [0.1, 0.15) is 11.5 Å². The molecule has 3 nitrogen and oxygen atoms in total. The molecule has 0 bridgehead atoms. The van der Waals surface area contributed by atoms with Crippen LogP contribution in [0, 0.1) is 0 Å². The van der Waals surface area contributed by atoms with Crippen molar-refractivity contribution in [3.05, 3.63) is 0 Å². The van der Waals surface area contributed by atoms with E-state index < -0.39 is 0 Å². The Bertz CT molecular complexity index is 164. The molecule has 0 aliphatic carbocycles. The fraction of sp³-hybridized carbons (Fsp3) is 0.889. The minimum atomic E-state index is -0.105. The second-order valence-electron chi connectivity index (χ2n) is 3.10. The number of carbonyl (C=O) groups is 1. The molecule has 13 heavy (non-hydrogen) atoms. The zero-order valence-electron chi connectivity index (χ0n) is 8.12. The summed E-state index contributed by atoms with van der Waals surface area (Å²) in [7, 11) is 0. The number of hydrogen-bond donors (Lipinski definition) is 0. The van der Waals surface area contributed by atoms with Gasteiger partial charge in [-0.2, -0.15) is 0 Å². The second kappa shape index (κ2) is 5.50. The Morgan fingerprint density at radius 1 is 1.69 bits per heavy atom. The van der Waals surface area contributed by atoms with Gasteiger partial charge in [-0.1, -0.05) is 6.92 Å². The van der Waals surface area contributed by atoms with Gasteiger partial charge in [0.15, 0.2) is 0 Å². The summed E-state index contributed by atoms with van der Waals surface area (Å²) in [6.07, 6.45) is 1.31. The topological polar surface area (TPSA) is 35.5 Å². The molecule has 0 spiro atoms. The largest absolute Gasteiger partial charge is 0.459 e. The molecule has 1 aliphatic rings. The zero-order valence-corrected chi connectivity index (χ0v) is 8.93. The Morgan fingerprint density at radius 2 is 2.46 bits per heavy atom. The lowest BCUT2D eigenvalue weighted by molar-refractivity contribution is -0.151. The van der Waals surface area contributed by atoms with Crippen molar-refractivity contribution >= 4 is 17.7 Å². The highest BCUT2D eigenvalue weighted by Crippen LogP contribution is 2.20. The van der Waals surface area contributed by atoms with Crippen LogP contribution < -0.4 is 0 Å². The van der Waals surface area contributed by atoms with E-state index in [1.807, 2.05) is 13.8 Å². The number of esters is 1. The summed E-state index contributed by atoms with van der Waals surface area (Å²) in [5, 5.41) is 0. The van der Waals surface area contributed by atoms with Crippen LogP contribution in [0.5, 0.6) is 0 Å². The highest BCUT2D eigenvalue weighted by Gasteiger charge is 2.21. The summed E-state index contributed by atoms with van der Waals surface area (Å²) in [5.41, 5.74) is 0.237. The first-order chi connectivity index (χ1) is 6.22. The van der Waals surface area contributed by atoms with Crippen molar-refractivity contribution in [3.8, 4) is 0 Å². The fourth-order valence-electron chi connectivity index (χ4n) is 1.10. The summed E-state index contributed by atoms with van der Waals surface area (Å²) < 4.78 is 10.6. The molecule has 0 unspecified atom stereocenters. The number of carbonyl (C=O) groups excluding carboxylic acids is 1. The SMILES string of the molecule is CCCC(=O)O[C@H]1CO[C@@H](C)SC1. The van der Waals surface area contributed by atoms with Crippen molar-refractivity contribution in [2.45, 2.75) is 38.2 Å². The van der Waals surface area contributed by atoms with E-state index in [0.29, 0.717) is 13.0 Å². The summed E-state index contributed by atoms with van der Waals surface area (Å²) in [6, 6.07) is 0. The van der Waals surface area contributed by atoms with Crippen molar-refractivity contribution in [2.75, 3.05) is 12.4 Å². The number of rotatable bonds is 3. The van der Waals surface area contributed by atoms with Gasteiger partial charge in [-0.15, -0.1) is 11.8 Å². The average Bonchev–Trinajstić information content (AvgIpc) is 2.09. The lowest BCUT2D eigenvalue weighted by atomic mass is 10.3. The minimum absolute atomic E-state index is 0.0414. The third-order valence-electron chi connectivity index (χ3n) is 1.79. The van der Waals surface area contributed by atoms with Crippen molar-refractivity contribution in [1.82, 2.24) is 0 Å². The predicted octanol–water partition coefficient (Wildman–Crippen LogP) is 1.81. The Morgan fingerprint density at radius 3 is 3.00 bits per heavy atom. The number of thioether (sulfide) groups is 1. The van der Waals surface area contributed by atoms with Gasteiger partial charge in [-0.3, -0.25) is 4.79 Å². The highest BCUT2D eigenvalue weighted by molar-refractivity contribution is 7.99. The van der Waals surface area contributed by atoms with Crippen molar-refractivity contribution in [3.63, 3.8) is 0 Å². The van der Waals surface area contributed by atoms with E-state index in [4.69, 9.17) is 9.47 Å². The molecule has 1 saturated heterocycles. The van der Waals surface area contributed by atoms with Crippen molar-refractivity contribution in [2.24, 2.45) is 0 Å². The van der Waals surface area contributed by atoms with E-state index in [0.717, 1.165) is 12.2 Å². The fourth-order valence-corrected chi connectivity index (χ4v) is 1.92. The maximum atomic E-state index is 11.1. The molecular weight excluding hydrogens is 188 g/mol. The van der Waals surface area contributed by atoms with Gasteiger partial charge < -0.3 is 9.47 Å². The molecule has 0 aromatic rings. The van der Waals surface area contributed by atoms with Gasteiger partial charge in [-0.25, -0.2) is 0 Å². The Balaban J connectivity index is 2.18. The van der Waals surface area contributed by atoms with E-state index in [-0.39, 0.29) is 17.5 Å². The molecule has 0 aromatic carbocycles. The normalized spacial score (nSPS) is 28.5. The molecule has 1 aliphatic heterocycles. The van der Waals surface area contributed by atoms with Gasteiger partial charge >= 0.3 is 5.97 Å². The molecule has 0 aromatic heterocycles. The standard InChI is InChI=1S/C9H16O3S/c1-3-4-9(10)12-8-5-11-7(2)13-6-8/h7-8H,3-6H2,1-2H3/t7-,8+/m1/s1. The van der Waals surface area contributed by atoms with E-state index in [9.17, 15) is 4.79 Å². The molecule has 0 amide bonds. The smallest absolute Gasteiger partial charge is 0.306 e. The lowest BCUT2D eigenvalue weighted by Crippen LogP contribution is -2.32. The van der Waals surface area contributed by atoms with E-state index in [1.54, 1.807) is 11.8 Å². The maximum absolute atomic E-state index is 11.1. The molecular formula is C9H16O3S. The van der Waals surface area contributed by atoms with Crippen molar-refractivity contribution in [1.29, 1.82) is 0 Å². The second-order valence-corrected chi connectivity index (χ2v) is 4.43. The van der Waals surface area contributed by atoms with Crippen LogP contribution in [-0.4, -0.2) is 29.9 Å². The number of hydrogen-bond acceptors (Lipinski definition) is 4. The van der Waals surface area contributed by atoms with E-state index in [2.05, 4.69) is 0 Å². The quantitative estimate of drug-likeness (QED) is 0.657. The molecule has 0 radical (unpaired) electrons. The van der Waals surface area contributed by atoms with Gasteiger partial charge in [0.2, 0.25) is 0 Å². The Labute approximate surface area is 83.2 Å². The third kappa shape index (κ3) is 4.00. The van der Waals surface area contributed by atoms with Crippen LogP contribution in [0.3, 0.4) is 0 Å². The summed E-state index contributed by atoms with van der Waals surface area (Å²) >= 11 is 1.69. The maximum Gasteiger partial charge on any atom is 0.306 e. The van der Waals surface area contributed by atoms with Crippen LogP contribution in [0.2, 0.25) is 0 Å². The monoisotopic (exact) mass is 204 g/mol. The van der Waals surface area contributed by atoms with E-state index >= 15 is 0 Å². The summed E-state index contributed by atoms with van der Waals surface area (Å²) in [6.45, 7) is 4.52. The first-order valence-corrected chi connectivity index (χ1v) is 5.70. The average molecular weight is 204 g/mol. The summed E-state index contributed by atoms with van der Waals surface area (Å²) in [5.74, 6) is 0.752. The van der Waals surface area contributed by atoms with Gasteiger partial charge in [0, 0.05) is 12.2 Å². The van der Waals surface area contributed by atoms with Gasteiger partial charge in [-0.05, 0) is 13.3 Å². The van der Waals surface area contributed by atoms with Crippen LogP contribution in [0.1, 0.15) is 26.7 Å². The minimum Gasteiger partial charge on any atom is -0.459 e. The van der Waals surface area contributed by atoms with Crippen LogP contribution in [0.4, 0.5) is 0 Å². The van der Waals surface area contributed by atoms with Crippen LogP contribution in [0.15, 0.2) is 0 Å². The first-order valence-electron chi connectivity index (χ1n) is 4.65. The van der Waals surface area contributed by atoms with E-state index in [1.165, 1.54) is 0 Å². The Hall–Kier alpha value is -0.220. The third-order valence-corrected chi connectivity index (χ3v) is 2.96. The predicted molar refractivity (Wildman–Crippen MR) is 52.7 cm³/mol. The molecule has 2 atom stereocenters. The van der Waals surface area contributed by atoms with Gasteiger partial charge in [0.25, 0.3) is 0 Å². The molecule has 0 N–H and O–H groups in total. The summed E-state index contributed by atoms with van der Waals surface area (Å²) in [4.78, 5) is 11.1. The van der Waals surface area contributed by atoms with Crippen LogP contribution >= 0.6 is 11.8 Å². The van der Waals surface area contributed by atoms with Crippen LogP contribution in [0.25, 0.3) is 0 Å². The first kappa shape index (κ1) is 10.9.